The van der Waals surface area contributed by atoms with Gasteiger partial charge in [-0.2, -0.15) is 5.26 Å². The van der Waals surface area contributed by atoms with Crippen LogP contribution in [0.15, 0.2) is 12.7 Å². The van der Waals surface area contributed by atoms with Gasteiger partial charge in [-0.3, -0.25) is 9.59 Å². The average Bonchev–Trinajstić information content (AvgIpc) is 3.14. The van der Waals surface area contributed by atoms with E-state index >= 15 is 0 Å². The Morgan fingerprint density at radius 3 is 2.40 bits per heavy atom. The predicted octanol–water partition coefficient (Wildman–Crippen LogP) is 2.04. The molecular weight excluding hydrogens is 452 g/mol. The summed E-state index contributed by atoms with van der Waals surface area (Å²) in [5.74, 6) is -2.41. The molecule has 3 fully saturated rings. The number of carbonyl (C=O) groups is 4. The van der Waals surface area contributed by atoms with E-state index in [1.165, 1.54) is 12.0 Å². The Hall–Kier alpha value is -3.09. The lowest BCUT2D eigenvalue weighted by molar-refractivity contribution is -0.148. The smallest absolute Gasteiger partial charge is 0.408 e. The molecule has 5 atom stereocenters. The molecule has 35 heavy (non-hydrogen) atoms. The Labute approximate surface area is 206 Å². The molecule has 0 aromatic rings. The van der Waals surface area contributed by atoms with E-state index in [0.717, 1.165) is 25.7 Å². The van der Waals surface area contributed by atoms with E-state index in [4.69, 9.17) is 9.47 Å². The minimum absolute atomic E-state index is 0.0511. The van der Waals surface area contributed by atoms with Gasteiger partial charge in [-0.25, -0.2) is 9.59 Å². The van der Waals surface area contributed by atoms with Gasteiger partial charge in [-0.15, -0.1) is 6.58 Å². The topological polar surface area (TPSA) is 138 Å². The third-order valence-electron chi connectivity index (χ3n) is 7.22. The molecule has 1 aliphatic heterocycles. The summed E-state index contributed by atoms with van der Waals surface area (Å²) in [5.41, 5.74) is -1.89. The quantitative estimate of drug-likeness (QED) is 0.413. The molecule has 0 aromatic heterocycles. The van der Waals surface area contributed by atoms with Crippen molar-refractivity contribution in [1.82, 2.24) is 15.5 Å². The molecule has 0 aromatic carbocycles. The molecule has 10 heteroatoms. The number of esters is 1. The van der Waals surface area contributed by atoms with Crippen molar-refractivity contribution in [3.05, 3.63) is 12.7 Å². The minimum atomic E-state index is -1.21. The van der Waals surface area contributed by atoms with Crippen LogP contribution in [0.5, 0.6) is 0 Å². The van der Waals surface area contributed by atoms with Crippen LogP contribution in [0.1, 0.15) is 59.3 Å². The van der Waals surface area contributed by atoms with Crippen molar-refractivity contribution >= 4 is 23.9 Å². The van der Waals surface area contributed by atoms with E-state index in [1.54, 1.807) is 6.08 Å². The zero-order valence-electron chi connectivity index (χ0n) is 21.0. The number of rotatable bonds is 7. The summed E-state index contributed by atoms with van der Waals surface area (Å²) in [6, 6.07) is 0.206. The molecule has 3 rings (SSSR count). The van der Waals surface area contributed by atoms with E-state index < -0.39 is 52.8 Å². The molecular formula is C25H36N4O6. The van der Waals surface area contributed by atoms with Crippen LogP contribution in [-0.2, 0) is 23.9 Å². The first-order valence-electron chi connectivity index (χ1n) is 12.2. The van der Waals surface area contributed by atoms with E-state index in [0.29, 0.717) is 6.42 Å². The maximum absolute atomic E-state index is 13.7. The van der Waals surface area contributed by atoms with Gasteiger partial charge in [0, 0.05) is 12.5 Å². The van der Waals surface area contributed by atoms with Crippen LogP contribution in [-0.4, -0.2) is 66.2 Å². The van der Waals surface area contributed by atoms with Crippen molar-refractivity contribution in [2.45, 2.75) is 83.0 Å². The number of hydrogen-bond acceptors (Lipinski definition) is 7. The lowest BCUT2D eigenvalue weighted by Gasteiger charge is -2.35. The minimum Gasteiger partial charge on any atom is -0.467 e. The van der Waals surface area contributed by atoms with Crippen molar-refractivity contribution in [3.8, 4) is 6.07 Å². The predicted molar refractivity (Wildman–Crippen MR) is 126 cm³/mol. The van der Waals surface area contributed by atoms with Crippen LogP contribution < -0.4 is 10.6 Å². The number of ether oxygens (including phenoxy) is 2. The number of nitriles is 1. The van der Waals surface area contributed by atoms with Crippen LogP contribution in [0, 0.1) is 28.6 Å². The SMILES string of the molecule is C=C[C@@H]1C[C@]1(NC(=O)[C@@H]1C[C@@H](C#N)CN1C(=O)[C@@H](NC(=O)OC1CCCC1)C(C)(C)C)C(=O)OC. The molecule has 192 valence electrons. The number of likely N-dealkylation sites (tertiary alicyclic amines) is 1. The van der Waals surface area contributed by atoms with Crippen molar-refractivity contribution in [2.24, 2.45) is 17.3 Å². The molecule has 10 nitrogen and oxygen atoms in total. The Kier molecular flexibility index (Phi) is 7.77. The van der Waals surface area contributed by atoms with Gasteiger partial charge in [0.15, 0.2) is 0 Å². The number of nitrogens with one attached hydrogen (secondary N) is 2. The van der Waals surface area contributed by atoms with Crippen LogP contribution in [0.25, 0.3) is 0 Å². The zero-order valence-corrected chi connectivity index (χ0v) is 21.0. The second-order valence-electron chi connectivity index (χ2n) is 10.8. The average molecular weight is 489 g/mol. The molecule has 3 aliphatic rings. The van der Waals surface area contributed by atoms with Gasteiger partial charge in [0.2, 0.25) is 11.8 Å². The van der Waals surface area contributed by atoms with Gasteiger partial charge < -0.3 is 25.0 Å². The number of methoxy groups -OCH3 is 1. The number of hydrogen-bond donors (Lipinski definition) is 2. The number of amides is 3. The lowest BCUT2D eigenvalue weighted by atomic mass is 9.85. The zero-order chi connectivity index (χ0) is 26.0. The van der Waals surface area contributed by atoms with E-state index in [9.17, 15) is 24.4 Å². The molecule has 0 bridgehead atoms. The number of alkyl carbamates (subject to hydrolysis) is 1. The molecule has 0 unspecified atom stereocenters. The van der Waals surface area contributed by atoms with Gasteiger partial charge in [0.25, 0.3) is 0 Å². The fourth-order valence-electron chi connectivity index (χ4n) is 5.03. The summed E-state index contributed by atoms with van der Waals surface area (Å²) < 4.78 is 10.4. The summed E-state index contributed by atoms with van der Waals surface area (Å²) in [6.07, 6.45) is 4.84. The highest BCUT2D eigenvalue weighted by Gasteiger charge is 2.62. The van der Waals surface area contributed by atoms with Crippen LogP contribution in [0.3, 0.4) is 0 Å². The molecule has 2 aliphatic carbocycles. The molecule has 1 heterocycles. The second kappa shape index (κ2) is 10.3. The van der Waals surface area contributed by atoms with Crippen LogP contribution >= 0.6 is 0 Å². The Morgan fingerprint density at radius 2 is 1.89 bits per heavy atom. The Bertz CT molecular complexity index is 916. The molecule has 2 N–H and O–H groups in total. The fraction of sp³-hybridized carbons (Fsp3) is 0.720. The third-order valence-corrected chi connectivity index (χ3v) is 7.22. The number of carbonyl (C=O) groups excluding carboxylic acids is 4. The largest absolute Gasteiger partial charge is 0.467 e. The van der Waals surface area contributed by atoms with Gasteiger partial charge in [-0.1, -0.05) is 26.8 Å². The summed E-state index contributed by atoms with van der Waals surface area (Å²) in [4.78, 5) is 53.3. The molecule has 3 amide bonds. The van der Waals surface area contributed by atoms with Crippen molar-refractivity contribution in [2.75, 3.05) is 13.7 Å². The van der Waals surface area contributed by atoms with E-state index in [2.05, 4.69) is 23.3 Å². The van der Waals surface area contributed by atoms with Gasteiger partial charge in [0.05, 0.1) is 19.1 Å². The van der Waals surface area contributed by atoms with Gasteiger partial charge >= 0.3 is 12.1 Å². The first-order valence-corrected chi connectivity index (χ1v) is 12.2. The van der Waals surface area contributed by atoms with E-state index in [-0.39, 0.29) is 25.0 Å². The summed E-state index contributed by atoms with van der Waals surface area (Å²) >= 11 is 0. The monoisotopic (exact) mass is 488 g/mol. The molecule has 1 saturated heterocycles. The fourth-order valence-corrected chi connectivity index (χ4v) is 5.03. The second-order valence-corrected chi connectivity index (χ2v) is 10.8. The highest BCUT2D eigenvalue weighted by molar-refractivity contribution is 5.96. The highest BCUT2D eigenvalue weighted by Crippen LogP contribution is 2.45. The first kappa shape index (κ1) is 26.5. The Balaban J connectivity index is 1.78. The van der Waals surface area contributed by atoms with Crippen LogP contribution in [0.4, 0.5) is 4.79 Å². The standard InChI is InChI=1S/C25H36N4O6/c1-6-16-12-25(16,22(32)34-5)28-20(30)18-11-15(13-26)14-29(18)21(31)19(24(2,3)4)27-23(33)35-17-9-7-8-10-17/h6,15-19H,1,7-12,14H2,2-5H3,(H,27,33)(H,28,30)/t15-,16+,18-,19+,25+/m0/s1. The van der Waals surface area contributed by atoms with Crippen molar-refractivity contribution < 1.29 is 28.7 Å². The maximum Gasteiger partial charge on any atom is 0.408 e. The normalized spacial score (nSPS) is 29.0. The summed E-state index contributed by atoms with van der Waals surface area (Å²) in [5, 5.41) is 15.0. The molecule has 2 saturated carbocycles. The lowest BCUT2D eigenvalue weighted by Crippen LogP contribution is -2.59. The Morgan fingerprint density at radius 1 is 1.23 bits per heavy atom. The third kappa shape index (κ3) is 5.60. The molecule has 0 spiro atoms. The van der Waals surface area contributed by atoms with Crippen molar-refractivity contribution in [3.63, 3.8) is 0 Å². The highest BCUT2D eigenvalue weighted by atomic mass is 16.6. The molecule has 0 radical (unpaired) electrons. The van der Waals surface area contributed by atoms with Crippen LogP contribution in [0.2, 0.25) is 0 Å². The summed E-state index contributed by atoms with van der Waals surface area (Å²) in [7, 11) is 1.25. The first-order chi connectivity index (χ1) is 16.5. The number of nitrogens with zero attached hydrogens (tertiary/aromatic N) is 2. The van der Waals surface area contributed by atoms with Crippen molar-refractivity contribution in [1.29, 1.82) is 5.26 Å². The van der Waals surface area contributed by atoms with Gasteiger partial charge in [-0.05, 0) is 43.9 Å². The van der Waals surface area contributed by atoms with Gasteiger partial charge in [0.1, 0.15) is 23.7 Å². The maximum atomic E-state index is 13.7. The summed E-state index contributed by atoms with van der Waals surface area (Å²) in [6.45, 7) is 9.18. The van der Waals surface area contributed by atoms with E-state index in [1.807, 2.05) is 20.8 Å².